The average molecular weight is 682 g/mol. The Morgan fingerprint density at radius 1 is 0.412 bits per heavy atom. The molecule has 0 unspecified atom stereocenters. The van der Waals surface area contributed by atoms with E-state index in [1.165, 1.54) is 0 Å². The number of nitrogens with one attached hydrogen (secondary N) is 3. The van der Waals surface area contributed by atoms with Gasteiger partial charge in [0.15, 0.2) is 0 Å². The van der Waals surface area contributed by atoms with Gasteiger partial charge in [-0.1, -0.05) is 20.8 Å². The van der Waals surface area contributed by atoms with Crippen molar-refractivity contribution in [2.45, 2.75) is 40.0 Å². The smallest absolute Gasteiger partial charge is 0.213 e. The summed E-state index contributed by atoms with van der Waals surface area (Å²) in [5, 5.41) is 3.10. The maximum absolute atomic E-state index is 5.54. The van der Waals surface area contributed by atoms with Gasteiger partial charge in [0.2, 0.25) is 17.6 Å². The lowest BCUT2D eigenvalue weighted by molar-refractivity contribution is 0.306. The van der Waals surface area contributed by atoms with E-state index in [9.17, 15) is 0 Å². The molecule has 12 nitrogen and oxygen atoms in total. The number of fused-ring (bicyclic) bond motifs is 9. The molecule has 9 aromatic rings. The molecule has 0 radical (unpaired) electrons. The predicted molar refractivity (Wildman–Crippen MR) is 202 cm³/mol. The molecule has 12 heteroatoms. The van der Waals surface area contributed by atoms with Crippen molar-refractivity contribution in [2.75, 3.05) is 19.8 Å². The fourth-order valence-electron chi connectivity index (χ4n) is 5.62. The molecule has 9 aromatic heterocycles. The Kier molecular flexibility index (Phi) is 10.1. The predicted octanol–water partition coefficient (Wildman–Crippen LogP) is 8.70. The lowest BCUT2D eigenvalue weighted by atomic mass is 10.3. The van der Waals surface area contributed by atoms with E-state index in [1.807, 2.05) is 73.2 Å². The monoisotopic (exact) mass is 681 g/mol. The fraction of sp³-hybridized carbons (Fsp3) is 0.231. The van der Waals surface area contributed by atoms with E-state index >= 15 is 0 Å². The minimum Gasteiger partial charge on any atom is -0.478 e. The van der Waals surface area contributed by atoms with Gasteiger partial charge in [-0.05, 0) is 55.7 Å². The van der Waals surface area contributed by atoms with Crippen LogP contribution in [0.15, 0.2) is 91.8 Å². The summed E-state index contributed by atoms with van der Waals surface area (Å²) in [4.78, 5) is 35.8. The summed E-state index contributed by atoms with van der Waals surface area (Å²) < 4.78 is 16.6. The number of pyridine rings is 6. The lowest BCUT2D eigenvalue weighted by Gasteiger charge is -2.02. The first-order chi connectivity index (χ1) is 25.1. The summed E-state index contributed by atoms with van der Waals surface area (Å²) in [6.07, 6.45) is 13.7. The summed E-state index contributed by atoms with van der Waals surface area (Å²) in [5.41, 5.74) is 8.94. The number of hydrogen-bond donors (Lipinski definition) is 3. The van der Waals surface area contributed by atoms with Crippen molar-refractivity contribution in [3.63, 3.8) is 0 Å². The first-order valence-electron chi connectivity index (χ1n) is 17.2. The van der Waals surface area contributed by atoms with Gasteiger partial charge in [0, 0.05) is 71.5 Å². The van der Waals surface area contributed by atoms with Crippen molar-refractivity contribution in [3.8, 4) is 17.6 Å². The highest BCUT2D eigenvalue weighted by Crippen LogP contribution is 2.27. The zero-order valence-electron chi connectivity index (χ0n) is 28.8. The van der Waals surface area contributed by atoms with Crippen molar-refractivity contribution in [1.29, 1.82) is 0 Å². The molecule has 0 bridgehead atoms. The number of rotatable bonds is 9. The van der Waals surface area contributed by atoms with E-state index in [0.29, 0.717) is 37.5 Å². The third-order valence-electron chi connectivity index (χ3n) is 8.01. The van der Waals surface area contributed by atoms with E-state index in [0.717, 1.165) is 85.1 Å². The number of ether oxygens (including phenoxy) is 3. The van der Waals surface area contributed by atoms with Crippen molar-refractivity contribution in [2.24, 2.45) is 0 Å². The topological polar surface area (TPSA) is 152 Å². The van der Waals surface area contributed by atoms with E-state index in [1.54, 1.807) is 18.6 Å². The molecule has 0 spiro atoms. The van der Waals surface area contributed by atoms with Crippen LogP contribution in [0, 0.1) is 0 Å². The maximum atomic E-state index is 5.54. The fourth-order valence-corrected chi connectivity index (χ4v) is 5.62. The van der Waals surface area contributed by atoms with Gasteiger partial charge in [0.05, 0.1) is 52.9 Å². The van der Waals surface area contributed by atoms with Gasteiger partial charge >= 0.3 is 0 Å². The molecule has 0 aliphatic carbocycles. The van der Waals surface area contributed by atoms with Crippen LogP contribution in [0.4, 0.5) is 0 Å². The largest absolute Gasteiger partial charge is 0.478 e. The number of aromatic nitrogens is 9. The second-order valence-corrected chi connectivity index (χ2v) is 11.8. The standard InChI is InChI=1S/3C13H13N3O/c3*1-2-7-17-12-4-3-11-13(16-12)9-8-14-6-5-10(9)15-11/h3*3-6,8,15H,2,7H2,1H3. The Balaban J connectivity index is 0.000000119. The van der Waals surface area contributed by atoms with Crippen molar-refractivity contribution in [3.05, 3.63) is 91.8 Å². The quantitative estimate of drug-likeness (QED) is 0.136. The van der Waals surface area contributed by atoms with Crippen LogP contribution < -0.4 is 14.2 Å². The van der Waals surface area contributed by atoms with E-state index in [2.05, 4.69) is 65.6 Å². The molecule has 0 aliphatic heterocycles. The third-order valence-corrected chi connectivity index (χ3v) is 8.01. The van der Waals surface area contributed by atoms with Crippen LogP contribution in [-0.4, -0.2) is 64.7 Å². The summed E-state index contributed by atoms with van der Waals surface area (Å²) in [6.45, 7) is 8.31. The van der Waals surface area contributed by atoms with Crippen LogP contribution >= 0.6 is 0 Å². The Morgan fingerprint density at radius 2 is 0.725 bits per heavy atom. The van der Waals surface area contributed by atoms with Gasteiger partial charge in [-0.3, -0.25) is 15.0 Å². The zero-order valence-corrected chi connectivity index (χ0v) is 28.8. The van der Waals surface area contributed by atoms with Crippen molar-refractivity contribution in [1.82, 2.24) is 44.9 Å². The minimum atomic E-state index is 0.670. The molecular weight excluding hydrogens is 642 g/mol. The van der Waals surface area contributed by atoms with Crippen molar-refractivity contribution >= 4 is 65.8 Å². The molecule has 9 rings (SSSR count). The first-order valence-corrected chi connectivity index (χ1v) is 17.2. The Morgan fingerprint density at radius 3 is 1.02 bits per heavy atom. The molecule has 3 N–H and O–H groups in total. The molecule has 0 aromatic carbocycles. The van der Waals surface area contributed by atoms with Gasteiger partial charge in [-0.15, -0.1) is 0 Å². The SMILES string of the molecule is CCCOc1ccc2[nH]c3ccncc3c2n1.CCCOc1ccc2[nH]c3ccncc3c2n1.CCCOc1ccc2[nH]c3ccncc3c2n1. The molecule has 51 heavy (non-hydrogen) atoms. The lowest BCUT2D eigenvalue weighted by Crippen LogP contribution is -1.96. The Hall–Kier alpha value is -6.30. The van der Waals surface area contributed by atoms with Gasteiger partial charge in [-0.2, -0.15) is 0 Å². The van der Waals surface area contributed by atoms with Crippen LogP contribution in [0.2, 0.25) is 0 Å². The number of hydrogen-bond acceptors (Lipinski definition) is 9. The number of nitrogens with zero attached hydrogens (tertiary/aromatic N) is 6. The summed E-state index contributed by atoms with van der Waals surface area (Å²) >= 11 is 0. The average Bonchev–Trinajstić information content (AvgIpc) is 3.86. The Bertz CT molecular complexity index is 2260. The highest BCUT2D eigenvalue weighted by atomic mass is 16.5. The molecule has 0 atom stereocenters. The van der Waals surface area contributed by atoms with Gasteiger partial charge in [0.1, 0.15) is 16.6 Å². The summed E-state index contributed by atoms with van der Waals surface area (Å²) in [5.74, 6) is 2.01. The molecule has 0 saturated carbocycles. The van der Waals surface area contributed by atoms with Crippen molar-refractivity contribution < 1.29 is 14.2 Å². The van der Waals surface area contributed by atoms with E-state index < -0.39 is 0 Å². The van der Waals surface area contributed by atoms with Crippen LogP contribution in [0.5, 0.6) is 17.6 Å². The minimum absolute atomic E-state index is 0.670. The number of aromatic amines is 3. The molecule has 0 amide bonds. The molecular formula is C39H39N9O3. The number of H-pyrrole nitrogens is 3. The summed E-state index contributed by atoms with van der Waals surface area (Å²) in [7, 11) is 0. The molecule has 0 aliphatic rings. The van der Waals surface area contributed by atoms with E-state index in [-0.39, 0.29) is 0 Å². The summed E-state index contributed by atoms with van der Waals surface area (Å²) in [6, 6.07) is 17.5. The first kappa shape index (κ1) is 33.2. The highest BCUT2D eigenvalue weighted by Gasteiger charge is 2.09. The molecule has 9 heterocycles. The van der Waals surface area contributed by atoms with Crippen LogP contribution in [0.25, 0.3) is 65.8 Å². The van der Waals surface area contributed by atoms with E-state index in [4.69, 9.17) is 14.2 Å². The van der Waals surface area contributed by atoms with Gasteiger partial charge in [0.25, 0.3) is 0 Å². The van der Waals surface area contributed by atoms with Crippen LogP contribution in [0.1, 0.15) is 40.0 Å². The second kappa shape index (κ2) is 15.5. The molecule has 0 saturated heterocycles. The second-order valence-electron chi connectivity index (χ2n) is 11.8. The van der Waals surface area contributed by atoms with Gasteiger partial charge in [-0.25, -0.2) is 15.0 Å². The zero-order chi connectivity index (χ0) is 35.0. The Labute approximate surface area is 293 Å². The highest BCUT2D eigenvalue weighted by molar-refractivity contribution is 6.06. The third kappa shape index (κ3) is 7.35. The maximum Gasteiger partial charge on any atom is 0.213 e. The molecule has 0 fully saturated rings. The normalized spacial score (nSPS) is 11.1. The van der Waals surface area contributed by atoms with Crippen LogP contribution in [-0.2, 0) is 0 Å². The van der Waals surface area contributed by atoms with Crippen LogP contribution in [0.3, 0.4) is 0 Å². The van der Waals surface area contributed by atoms with Gasteiger partial charge < -0.3 is 29.2 Å². The molecule has 258 valence electrons.